The summed E-state index contributed by atoms with van der Waals surface area (Å²) in [7, 11) is 1.00. The third kappa shape index (κ3) is 3.13. The zero-order chi connectivity index (χ0) is 9.02. The molecule has 12 heavy (non-hydrogen) atoms. The summed E-state index contributed by atoms with van der Waals surface area (Å²) < 4.78 is 0. The number of rotatable bonds is 0. The number of amides is 2. The van der Waals surface area contributed by atoms with Crippen LogP contribution in [0, 0.1) is 0 Å². The summed E-state index contributed by atoms with van der Waals surface area (Å²) in [6, 6.07) is 0. The van der Waals surface area contributed by atoms with Crippen LogP contribution >= 0.6 is 0 Å². The van der Waals surface area contributed by atoms with Gasteiger partial charge < -0.3 is 20.0 Å². The maximum atomic E-state index is 10.5. The summed E-state index contributed by atoms with van der Waals surface area (Å²) in [5.74, 6) is -0.782. The average Bonchev–Trinajstić information content (AvgIpc) is 2.22. The fourth-order valence-corrected chi connectivity index (χ4v) is 0.581. The molecule has 0 aromatic heterocycles. The Morgan fingerprint density at radius 2 is 1.25 bits per heavy atom. The molecule has 0 aromatic carbocycles. The Hall–Kier alpha value is -0.0561. The van der Waals surface area contributed by atoms with Crippen LogP contribution in [0.1, 0.15) is 13.8 Å². The van der Waals surface area contributed by atoms with E-state index in [4.69, 9.17) is 5.11 Å². The van der Waals surface area contributed by atoms with Crippen LogP contribution in [0.15, 0.2) is 11.1 Å². The third-order valence-electron chi connectivity index (χ3n) is 1.41. The van der Waals surface area contributed by atoms with E-state index in [-0.39, 0.29) is 32.7 Å². The maximum Gasteiger partial charge on any atom is 0.0835 e. The van der Waals surface area contributed by atoms with Crippen molar-refractivity contribution in [2.45, 2.75) is 13.8 Å². The molecule has 0 aliphatic carbocycles. The van der Waals surface area contributed by atoms with Gasteiger partial charge in [0.2, 0.25) is 0 Å². The van der Waals surface area contributed by atoms with Gasteiger partial charge in [-0.05, 0) is 25.0 Å². The molecule has 65 valence electrons. The largest absolute Gasteiger partial charge is 0.588 e. The molecule has 2 amide bonds. The second kappa shape index (κ2) is 6.46. The number of aliphatic hydroxyl groups is 1. The Balaban J connectivity index is 0. The molecule has 1 rings (SSSR count). The number of carbonyl (C=O) groups excluding carboxylic acids is 2. The van der Waals surface area contributed by atoms with E-state index in [1.54, 1.807) is 13.8 Å². The zero-order valence-corrected chi connectivity index (χ0v) is 10.1. The molecule has 1 N–H and O–H groups in total. The number of nitrogens with zero attached hydrogens (tertiary/aromatic N) is 1. The zero-order valence-electron chi connectivity index (χ0n) is 7.29. The van der Waals surface area contributed by atoms with E-state index in [9.17, 15) is 9.59 Å². The maximum absolute atomic E-state index is 10.5. The molecule has 0 spiro atoms. The molecule has 0 saturated carbocycles. The molecule has 1 heterocycles. The van der Waals surface area contributed by atoms with Crippen molar-refractivity contribution in [2.75, 3.05) is 7.11 Å². The van der Waals surface area contributed by atoms with Crippen molar-refractivity contribution in [3.8, 4) is 0 Å². The monoisotopic (exact) mass is 245 g/mol. The van der Waals surface area contributed by atoms with Gasteiger partial charge in [-0.25, -0.2) is 0 Å². The first-order valence-electron chi connectivity index (χ1n) is 3.05. The SMILES string of the molecule is CC1=C(C)C(=O)[N-]C1=O.CO.[Y]. The molecule has 0 fully saturated rings. The van der Waals surface area contributed by atoms with Crippen LogP contribution in [-0.2, 0) is 42.3 Å². The van der Waals surface area contributed by atoms with Gasteiger partial charge in [0.15, 0.2) is 0 Å². The second-order valence-corrected chi connectivity index (χ2v) is 1.97. The minimum Gasteiger partial charge on any atom is -0.588 e. The van der Waals surface area contributed by atoms with Gasteiger partial charge in [-0.1, -0.05) is 0 Å². The number of carbonyl (C=O) groups is 2. The first-order valence-corrected chi connectivity index (χ1v) is 3.05. The van der Waals surface area contributed by atoms with E-state index < -0.39 is 11.8 Å². The Kier molecular flexibility index (Phi) is 7.79. The molecule has 4 nitrogen and oxygen atoms in total. The van der Waals surface area contributed by atoms with E-state index in [1.807, 2.05) is 0 Å². The van der Waals surface area contributed by atoms with Gasteiger partial charge >= 0.3 is 0 Å². The van der Waals surface area contributed by atoms with E-state index in [0.717, 1.165) is 7.11 Å². The van der Waals surface area contributed by atoms with Crippen molar-refractivity contribution in [1.82, 2.24) is 0 Å². The van der Waals surface area contributed by atoms with Crippen molar-refractivity contribution in [1.29, 1.82) is 0 Å². The quantitative estimate of drug-likeness (QED) is 0.627. The van der Waals surface area contributed by atoms with E-state index in [2.05, 4.69) is 5.32 Å². The summed E-state index contributed by atoms with van der Waals surface area (Å²) in [5.41, 5.74) is 0.944. The molecule has 0 aromatic rings. The minimum atomic E-state index is -0.391. The van der Waals surface area contributed by atoms with Gasteiger partial charge in [-0.15, -0.1) is 0 Å². The topological polar surface area (TPSA) is 68.5 Å². The van der Waals surface area contributed by atoms with Gasteiger partial charge in [0.05, 0.1) is 11.8 Å². The molecule has 1 aliphatic heterocycles. The minimum absolute atomic E-state index is 0. The van der Waals surface area contributed by atoms with Crippen molar-refractivity contribution < 1.29 is 47.4 Å². The van der Waals surface area contributed by atoms with Crippen LogP contribution in [-0.4, -0.2) is 24.0 Å². The van der Waals surface area contributed by atoms with E-state index >= 15 is 0 Å². The van der Waals surface area contributed by atoms with Gasteiger partial charge in [0, 0.05) is 39.8 Å². The number of aliphatic hydroxyl groups excluding tert-OH is 1. The molecule has 0 saturated heterocycles. The smallest absolute Gasteiger partial charge is 0.0835 e. The molecule has 0 unspecified atom stereocenters. The molecular weight excluding hydrogens is 235 g/mol. The molecule has 0 atom stereocenters. The van der Waals surface area contributed by atoms with Gasteiger partial charge in [-0.2, -0.15) is 0 Å². The van der Waals surface area contributed by atoms with Crippen molar-refractivity contribution >= 4 is 11.8 Å². The van der Waals surface area contributed by atoms with Crippen molar-refractivity contribution in [3.63, 3.8) is 0 Å². The predicted molar refractivity (Wildman–Crippen MR) is 39.9 cm³/mol. The van der Waals surface area contributed by atoms with Crippen LogP contribution in [0.25, 0.3) is 5.32 Å². The summed E-state index contributed by atoms with van der Waals surface area (Å²) >= 11 is 0. The molecule has 0 bridgehead atoms. The van der Waals surface area contributed by atoms with Crippen LogP contribution in [0.4, 0.5) is 0 Å². The third-order valence-corrected chi connectivity index (χ3v) is 1.41. The van der Waals surface area contributed by atoms with Crippen LogP contribution < -0.4 is 0 Å². The first kappa shape index (κ1) is 14.5. The van der Waals surface area contributed by atoms with Gasteiger partial charge in [0.25, 0.3) is 0 Å². The number of hydrogen-bond acceptors (Lipinski definition) is 3. The summed E-state index contributed by atoms with van der Waals surface area (Å²) in [4.78, 5) is 21.1. The predicted octanol–water partition coefficient (Wildman–Crippen LogP) is 0.369. The Morgan fingerprint density at radius 3 is 1.33 bits per heavy atom. The van der Waals surface area contributed by atoms with Crippen LogP contribution in [0.3, 0.4) is 0 Å². The fourth-order valence-electron chi connectivity index (χ4n) is 0.581. The standard InChI is InChI=1S/C6H7NO2.CH4O.Y/c1-3-4(2)6(9)7-5(3)8;1-2;/h1-2H3,(H,7,8,9);2H,1H3;/p-1. The fraction of sp³-hybridized carbons (Fsp3) is 0.429. The molecule has 5 heteroatoms. The Morgan fingerprint density at radius 1 is 1.00 bits per heavy atom. The number of hydrogen-bond donors (Lipinski definition) is 1. The first-order chi connectivity index (χ1) is 5.13. The van der Waals surface area contributed by atoms with Crippen LogP contribution in [0.2, 0.25) is 0 Å². The Bertz CT molecular complexity index is 201. The van der Waals surface area contributed by atoms with Crippen molar-refractivity contribution in [2.24, 2.45) is 0 Å². The molecular formula is C7H10NO3Y-. The number of imide groups is 1. The van der Waals surface area contributed by atoms with E-state index in [0.29, 0.717) is 11.1 Å². The average molecular weight is 245 g/mol. The van der Waals surface area contributed by atoms with E-state index in [1.165, 1.54) is 0 Å². The van der Waals surface area contributed by atoms with Crippen LogP contribution in [0.5, 0.6) is 0 Å². The Labute approximate surface area is 96.3 Å². The molecule has 1 aliphatic rings. The molecule has 1 radical (unpaired) electrons. The second-order valence-electron chi connectivity index (χ2n) is 1.97. The summed E-state index contributed by atoms with van der Waals surface area (Å²) in [5, 5.41) is 10.2. The van der Waals surface area contributed by atoms with Gasteiger partial charge in [0.1, 0.15) is 0 Å². The summed E-state index contributed by atoms with van der Waals surface area (Å²) in [6.07, 6.45) is 0. The van der Waals surface area contributed by atoms with Crippen molar-refractivity contribution in [3.05, 3.63) is 16.5 Å². The normalized spacial score (nSPS) is 14.7. The van der Waals surface area contributed by atoms with Gasteiger partial charge in [-0.3, -0.25) is 0 Å². The summed E-state index contributed by atoms with van der Waals surface area (Å²) in [6.45, 7) is 3.21.